The molecule has 1 aromatic heterocycles. The standard InChI is InChI=1S/C11H16F4N2OS/c1-2-7(16)3-8-5-19-9(17-8)4-18-6-11(14,15)10(12)13/h5,7,10H,2-4,6,16H2,1H3. The van der Waals surface area contributed by atoms with E-state index in [4.69, 9.17) is 5.73 Å². The molecular formula is C11H16F4N2OS. The van der Waals surface area contributed by atoms with Crippen LogP contribution in [0.25, 0.3) is 0 Å². The number of rotatable bonds is 8. The first-order chi connectivity index (χ1) is 8.85. The molecule has 0 radical (unpaired) electrons. The third-order valence-electron chi connectivity index (χ3n) is 2.43. The second-order valence-electron chi connectivity index (χ2n) is 4.16. The van der Waals surface area contributed by atoms with Crippen molar-refractivity contribution in [2.24, 2.45) is 5.73 Å². The van der Waals surface area contributed by atoms with Crippen molar-refractivity contribution in [3.05, 3.63) is 16.1 Å². The molecule has 0 aliphatic carbocycles. The van der Waals surface area contributed by atoms with Crippen molar-refractivity contribution in [2.45, 2.75) is 44.8 Å². The lowest BCUT2D eigenvalue weighted by Crippen LogP contribution is -2.32. The molecule has 0 aliphatic heterocycles. The zero-order valence-corrected chi connectivity index (χ0v) is 11.2. The second-order valence-corrected chi connectivity index (χ2v) is 5.10. The molecule has 0 saturated carbocycles. The van der Waals surface area contributed by atoms with Gasteiger partial charge in [0, 0.05) is 17.8 Å². The Morgan fingerprint density at radius 2 is 2.16 bits per heavy atom. The third kappa shape index (κ3) is 5.42. The summed E-state index contributed by atoms with van der Waals surface area (Å²) in [5.41, 5.74) is 6.52. The lowest BCUT2D eigenvalue weighted by Gasteiger charge is -2.14. The minimum Gasteiger partial charge on any atom is -0.368 e. The van der Waals surface area contributed by atoms with Crippen LogP contribution in [-0.4, -0.2) is 30.0 Å². The molecular weight excluding hydrogens is 284 g/mol. The number of ether oxygens (including phenoxy) is 1. The molecule has 0 amide bonds. The number of nitrogens with two attached hydrogens (primary N) is 1. The van der Waals surface area contributed by atoms with Gasteiger partial charge in [0.05, 0.1) is 12.3 Å². The molecule has 19 heavy (non-hydrogen) atoms. The second kappa shape index (κ2) is 7.16. The molecule has 0 fully saturated rings. The van der Waals surface area contributed by atoms with E-state index in [1.807, 2.05) is 6.92 Å². The fraction of sp³-hybridized carbons (Fsp3) is 0.727. The van der Waals surface area contributed by atoms with Crippen LogP contribution in [-0.2, 0) is 17.8 Å². The molecule has 1 aromatic rings. The van der Waals surface area contributed by atoms with Crippen LogP contribution < -0.4 is 5.73 Å². The highest BCUT2D eigenvalue weighted by Gasteiger charge is 2.40. The summed E-state index contributed by atoms with van der Waals surface area (Å²) in [6.45, 7) is 0.440. The molecule has 0 bridgehead atoms. The zero-order valence-electron chi connectivity index (χ0n) is 10.4. The predicted octanol–water partition coefficient (Wildman–Crippen LogP) is 2.84. The SMILES string of the molecule is CCC(N)Cc1csc(COCC(F)(F)C(F)F)n1. The van der Waals surface area contributed by atoms with Crippen LogP contribution in [0.5, 0.6) is 0 Å². The molecule has 1 heterocycles. The maximum Gasteiger partial charge on any atom is 0.330 e. The summed E-state index contributed by atoms with van der Waals surface area (Å²) in [4.78, 5) is 4.14. The molecule has 110 valence electrons. The first-order valence-corrected chi connectivity index (χ1v) is 6.65. The fourth-order valence-corrected chi connectivity index (χ4v) is 2.00. The van der Waals surface area contributed by atoms with E-state index in [2.05, 4.69) is 9.72 Å². The molecule has 1 unspecified atom stereocenters. The summed E-state index contributed by atoms with van der Waals surface area (Å²) in [6.07, 6.45) is -2.31. The van der Waals surface area contributed by atoms with Gasteiger partial charge in [-0.15, -0.1) is 11.3 Å². The molecule has 8 heteroatoms. The lowest BCUT2D eigenvalue weighted by molar-refractivity contribution is -0.168. The first-order valence-electron chi connectivity index (χ1n) is 5.77. The van der Waals surface area contributed by atoms with Crippen molar-refractivity contribution in [1.29, 1.82) is 0 Å². The Bertz CT molecular complexity index is 387. The van der Waals surface area contributed by atoms with Crippen LogP contribution in [0.15, 0.2) is 5.38 Å². The zero-order chi connectivity index (χ0) is 14.5. The molecule has 1 atom stereocenters. The topological polar surface area (TPSA) is 48.1 Å². The number of thiazole rings is 1. The van der Waals surface area contributed by atoms with Gasteiger partial charge in [0.1, 0.15) is 11.6 Å². The van der Waals surface area contributed by atoms with Crippen molar-refractivity contribution in [3.8, 4) is 0 Å². The minimum atomic E-state index is -4.12. The first kappa shape index (κ1) is 16.3. The molecule has 0 aromatic carbocycles. The van der Waals surface area contributed by atoms with Gasteiger partial charge in [-0.05, 0) is 6.42 Å². The van der Waals surface area contributed by atoms with Gasteiger partial charge < -0.3 is 10.5 Å². The summed E-state index contributed by atoms with van der Waals surface area (Å²) in [6, 6.07) is -0.000893. The maximum absolute atomic E-state index is 12.6. The van der Waals surface area contributed by atoms with E-state index in [0.717, 1.165) is 12.1 Å². The Hall–Kier alpha value is -0.730. The van der Waals surface area contributed by atoms with Gasteiger partial charge in [0.2, 0.25) is 0 Å². The largest absolute Gasteiger partial charge is 0.368 e. The van der Waals surface area contributed by atoms with E-state index in [1.165, 1.54) is 11.3 Å². The van der Waals surface area contributed by atoms with E-state index in [0.29, 0.717) is 11.4 Å². The van der Waals surface area contributed by atoms with Gasteiger partial charge >= 0.3 is 12.3 Å². The molecule has 1 rings (SSSR count). The molecule has 0 saturated heterocycles. The lowest BCUT2D eigenvalue weighted by atomic mass is 10.1. The Morgan fingerprint density at radius 3 is 2.74 bits per heavy atom. The van der Waals surface area contributed by atoms with Crippen LogP contribution in [0.4, 0.5) is 17.6 Å². The van der Waals surface area contributed by atoms with E-state index >= 15 is 0 Å². The van der Waals surface area contributed by atoms with Crippen molar-refractivity contribution in [2.75, 3.05) is 6.61 Å². The number of halogens is 4. The number of hydrogen-bond donors (Lipinski definition) is 1. The number of hydrogen-bond acceptors (Lipinski definition) is 4. The summed E-state index contributed by atoms with van der Waals surface area (Å²) >= 11 is 1.24. The van der Waals surface area contributed by atoms with Crippen LogP contribution in [0, 0.1) is 0 Å². The van der Waals surface area contributed by atoms with Gasteiger partial charge in [-0.25, -0.2) is 13.8 Å². The quantitative estimate of drug-likeness (QED) is 0.751. The number of alkyl halides is 4. The highest BCUT2D eigenvalue weighted by atomic mass is 32.1. The van der Waals surface area contributed by atoms with Gasteiger partial charge in [-0.2, -0.15) is 8.78 Å². The van der Waals surface area contributed by atoms with E-state index in [1.54, 1.807) is 5.38 Å². The van der Waals surface area contributed by atoms with Crippen LogP contribution in [0.2, 0.25) is 0 Å². The van der Waals surface area contributed by atoms with Crippen molar-refractivity contribution in [1.82, 2.24) is 4.98 Å². The number of nitrogens with zero attached hydrogens (tertiary/aromatic N) is 1. The van der Waals surface area contributed by atoms with E-state index in [9.17, 15) is 17.6 Å². The Balaban J connectivity index is 2.38. The van der Waals surface area contributed by atoms with Crippen LogP contribution in [0.1, 0.15) is 24.0 Å². The average molecular weight is 300 g/mol. The monoisotopic (exact) mass is 300 g/mol. The van der Waals surface area contributed by atoms with Crippen molar-refractivity contribution < 1.29 is 22.3 Å². The number of aromatic nitrogens is 1. The predicted molar refractivity (Wildman–Crippen MR) is 64.7 cm³/mol. The van der Waals surface area contributed by atoms with Gasteiger partial charge in [0.25, 0.3) is 0 Å². The maximum atomic E-state index is 12.6. The van der Waals surface area contributed by atoms with Gasteiger partial charge in [0.15, 0.2) is 0 Å². The third-order valence-corrected chi connectivity index (χ3v) is 3.31. The minimum absolute atomic E-state index is 0.000893. The van der Waals surface area contributed by atoms with Gasteiger partial charge in [-0.3, -0.25) is 0 Å². The molecule has 0 spiro atoms. The fourth-order valence-electron chi connectivity index (χ4n) is 1.26. The Kier molecular flexibility index (Phi) is 6.15. The van der Waals surface area contributed by atoms with E-state index < -0.39 is 19.0 Å². The summed E-state index contributed by atoms with van der Waals surface area (Å²) in [7, 11) is 0. The van der Waals surface area contributed by atoms with E-state index in [-0.39, 0.29) is 12.6 Å². The summed E-state index contributed by atoms with van der Waals surface area (Å²) in [5, 5.41) is 2.24. The van der Waals surface area contributed by atoms with Gasteiger partial charge in [-0.1, -0.05) is 6.92 Å². The normalized spacial score (nSPS) is 14.1. The molecule has 3 nitrogen and oxygen atoms in total. The van der Waals surface area contributed by atoms with Crippen LogP contribution in [0.3, 0.4) is 0 Å². The highest BCUT2D eigenvalue weighted by Crippen LogP contribution is 2.23. The summed E-state index contributed by atoms with van der Waals surface area (Å²) < 4.78 is 53.4. The van der Waals surface area contributed by atoms with Crippen LogP contribution >= 0.6 is 11.3 Å². The molecule has 2 N–H and O–H groups in total. The molecule has 0 aliphatic rings. The van der Waals surface area contributed by atoms with Crippen molar-refractivity contribution in [3.63, 3.8) is 0 Å². The smallest absolute Gasteiger partial charge is 0.330 e. The van der Waals surface area contributed by atoms with Crippen molar-refractivity contribution >= 4 is 11.3 Å². The Morgan fingerprint density at radius 1 is 1.47 bits per heavy atom. The Labute approximate surface area is 112 Å². The average Bonchev–Trinajstić information content (AvgIpc) is 2.76. The highest BCUT2D eigenvalue weighted by molar-refractivity contribution is 7.09. The summed E-state index contributed by atoms with van der Waals surface area (Å²) in [5.74, 6) is -4.12.